The van der Waals surface area contributed by atoms with Gasteiger partial charge in [-0.2, -0.15) is 0 Å². The molecule has 1 unspecified atom stereocenters. The van der Waals surface area contributed by atoms with E-state index in [2.05, 4.69) is 12.1 Å². The third kappa shape index (κ3) is 2.67. The van der Waals surface area contributed by atoms with E-state index in [0.29, 0.717) is 23.7 Å². The molecule has 0 aromatic heterocycles. The van der Waals surface area contributed by atoms with Gasteiger partial charge in [0.1, 0.15) is 11.5 Å². The van der Waals surface area contributed by atoms with E-state index in [0.717, 1.165) is 43.6 Å². The summed E-state index contributed by atoms with van der Waals surface area (Å²) in [5, 5.41) is 10.1. The highest BCUT2D eigenvalue weighted by Crippen LogP contribution is 2.68. The maximum absolute atomic E-state index is 12.2. The fraction of sp³-hybridized carbons (Fsp3) is 0.458. The van der Waals surface area contributed by atoms with Gasteiger partial charge in [0.25, 0.3) is 0 Å². The molecule has 5 atom stereocenters. The Hall–Kier alpha value is -2.29. The number of benzene rings is 2. The number of rotatable bonds is 5. The first-order chi connectivity index (χ1) is 13.2. The van der Waals surface area contributed by atoms with E-state index >= 15 is 0 Å². The van der Waals surface area contributed by atoms with Gasteiger partial charge >= 0.3 is 5.97 Å². The Morgan fingerprint density at radius 3 is 2.67 bits per heavy atom. The first-order valence-corrected chi connectivity index (χ1v) is 10.2. The Kier molecular flexibility index (Phi) is 3.99. The highest BCUT2D eigenvalue weighted by molar-refractivity contribution is 5.77. The van der Waals surface area contributed by atoms with Crippen LogP contribution in [0, 0.1) is 29.1 Å². The molecule has 3 nitrogen and oxygen atoms in total. The van der Waals surface area contributed by atoms with Crippen LogP contribution in [0.25, 0.3) is 0 Å². The van der Waals surface area contributed by atoms with Crippen molar-refractivity contribution in [3.05, 3.63) is 60.2 Å². The molecule has 0 saturated heterocycles. The maximum Gasteiger partial charge on any atom is 0.310 e. The van der Waals surface area contributed by atoms with Crippen LogP contribution in [0.3, 0.4) is 0 Å². The van der Waals surface area contributed by atoms with Crippen LogP contribution in [0.4, 0.5) is 0 Å². The van der Waals surface area contributed by atoms with Crippen molar-refractivity contribution in [2.24, 2.45) is 29.1 Å². The Labute approximate surface area is 160 Å². The molecule has 5 rings (SSSR count). The van der Waals surface area contributed by atoms with Crippen LogP contribution < -0.4 is 4.74 Å². The zero-order chi connectivity index (χ0) is 18.4. The van der Waals surface area contributed by atoms with Crippen molar-refractivity contribution < 1.29 is 14.6 Å². The molecule has 3 aliphatic carbocycles. The third-order valence-electron chi connectivity index (χ3n) is 7.51. The number of carboxylic acids is 1. The van der Waals surface area contributed by atoms with Gasteiger partial charge in [-0.1, -0.05) is 30.3 Å². The van der Waals surface area contributed by atoms with Crippen molar-refractivity contribution in [3.63, 3.8) is 0 Å². The molecule has 27 heavy (non-hydrogen) atoms. The predicted octanol–water partition coefficient (Wildman–Crippen LogP) is 5.55. The van der Waals surface area contributed by atoms with Gasteiger partial charge in [-0.15, -0.1) is 0 Å². The molecule has 0 spiro atoms. The van der Waals surface area contributed by atoms with E-state index in [1.165, 1.54) is 12.0 Å². The van der Waals surface area contributed by atoms with Crippen LogP contribution >= 0.6 is 0 Å². The molecule has 2 aromatic carbocycles. The van der Waals surface area contributed by atoms with Crippen molar-refractivity contribution in [1.29, 1.82) is 0 Å². The van der Waals surface area contributed by atoms with Crippen LogP contribution in [0.15, 0.2) is 54.6 Å². The van der Waals surface area contributed by atoms with E-state index in [9.17, 15) is 9.90 Å². The molecule has 3 heteroatoms. The largest absolute Gasteiger partial charge is 0.481 e. The van der Waals surface area contributed by atoms with Gasteiger partial charge in [-0.05, 0) is 92.0 Å². The van der Waals surface area contributed by atoms with E-state index in [-0.39, 0.29) is 0 Å². The molecule has 3 fully saturated rings. The van der Waals surface area contributed by atoms with E-state index in [1.54, 1.807) is 0 Å². The minimum Gasteiger partial charge on any atom is -0.481 e. The van der Waals surface area contributed by atoms with Crippen LogP contribution in [0.2, 0.25) is 0 Å². The predicted molar refractivity (Wildman–Crippen MR) is 104 cm³/mol. The Morgan fingerprint density at radius 1 is 1.04 bits per heavy atom. The molecule has 0 heterocycles. The van der Waals surface area contributed by atoms with Crippen molar-refractivity contribution in [2.75, 3.05) is 0 Å². The molecule has 140 valence electrons. The van der Waals surface area contributed by atoms with Gasteiger partial charge in [0.2, 0.25) is 0 Å². The number of hydrogen-bond acceptors (Lipinski definition) is 2. The van der Waals surface area contributed by atoms with Gasteiger partial charge in [-0.3, -0.25) is 4.79 Å². The molecule has 0 radical (unpaired) electrons. The highest BCUT2D eigenvalue weighted by Gasteiger charge is 2.66. The Bertz CT molecular complexity index is 846. The molecular weight excluding hydrogens is 336 g/mol. The fourth-order valence-electron chi connectivity index (χ4n) is 6.60. The van der Waals surface area contributed by atoms with E-state index < -0.39 is 11.4 Å². The lowest BCUT2D eigenvalue weighted by molar-refractivity contribution is -0.155. The van der Waals surface area contributed by atoms with Crippen LogP contribution in [0.1, 0.15) is 37.7 Å². The van der Waals surface area contributed by atoms with Crippen molar-refractivity contribution in [1.82, 2.24) is 0 Å². The topological polar surface area (TPSA) is 46.5 Å². The summed E-state index contributed by atoms with van der Waals surface area (Å²) in [5.41, 5.74) is 0.837. The van der Waals surface area contributed by atoms with Crippen LogP contribution in [-0.4, -0.2) is 11.1 Å². The Morgan fingerprint density at radius 2 is 1.85 bits per heavy atom. The van der Waals surface area contributed by atoms with Gasteiger partial charge in [0.15, 0.2) is 0 Å². The summed E-state index contributed by atoms with van der Waals surface area (Å²) in [6.45, 7) is 0. The fourth-order valence-corrected chi connectivity index (χ4v) is 6.60. The number of carbonyl (C=O) groups is 1. The van der Waals surface area contributed by atoms with Crippen LogP contribution in [-0.2, 0) is 11.2 Å². The summed E-state index contributed by atoms with van der Waals surface area (Å²) in [4.78, 5) is 12.2. The monoisotopic (exact) mass is 362 g/mol. The molecule has 2 aromatic rings. The normalized spacial score (nSPS) is 33.8. The zero-order valence-electron chi connectivity index (χ0n) is 15.5. The van der Waals surface area contributed by atoms with Gasteiger partial charge in [0, 0.05) is 0 Å². The molecule has 1 N–H and O–H groups in total. The lowest BCUT2D eigenvalue weighted by Gasteiger charge is -2.37. The minimum atomic E-state index is -0.525. The number of ether oxygens (including phenoxy) is 1. The number of fused-ring (bicyclic) bond motifs is 5. The molecule has 3 aliphatic rings. The lowest BCUT2D eigenvalue weighted by atomic mass is 9.65. The molecule has 0 amide bonds. The standard InChI is InChI=1S/C24H26O3/c25-23(26)24-12-11-18(22(24)17-9-10-19(24)15-17)13-16-5-4-8-21(14-16)27-20-6-2-1-3-7-20/h1-8,14,17-19,22H,9-13,15H2,(H,25,26)/t17-,18?,19+,22-,24-/m1/s1. The van der Waals surface area contributed by atoms with E-state index in [1.807, 2.05) is 42.5 Å². The Balaban J connectivity index is 1.36. The molecule has 2 bridgehead atoms. The highest BCUT2D eigenvalue weighted by atomic mass is 16.5. The summed E-state index contributed by atoms with van der Waals surface area (Å²) in [6, 6.07) is 18.2. The summed E-state index contributed by atoms with van der Waals surface area (Å²) in [6.07, 6.45) is 6.39. The quantitative estimate of drug-likeness (QED) is 0.759. The molecule has 3 saturated carbocycles. The van der Waals surface area contributed by atoms with Crippen molar-refractivity contribution >= 4 is 5.97 Å². The van der Waals surface area contributed by atoms with Crippen LogP contribution in [0.5, 0.6) is 11.5 Å². The van der Waals surface area contributed by atoms with Gasteiger partial charge in [-0.25, -0.2) is 0 Å². The zero-order valence-corrected chi connectivity index (χ0v) is 15.5. The summed E-state index contributed by atoms with van der Waals surface area (Å²) in [5.74, 6) is 3.08. The second kappa shape index (κ2) is 6.40. The second-order valence-corrected chi connectivity index (χ2v) is 8.71. The molecular formula is C24H26O3. The minimum absolute atomic E-state index is 0.368. The number of para-hydroxylation sites is 1. The lowest BCUT2D eigenvalue weighted by Crippen LogP contribution is -2.41. The van der Waals surface area contributed by atoms with Crippen molar-refractivity contribution in [3.8, 4) is 11.5 Å². The molecule has 0 aliphatic heterocycles. The summed E-state index contributed by atoms with van der Waals surface area (Å²) < 4.78 is 5.98. The van der Waals surface area contributed by atoms with Crippen molar-refractivity contribution in [2.45, 2.75) is 38.5 Å². The third-order valence-corrected chi connectivity index (χ3v) is 7.51. The summed E-state index contributed by atoms with van der Waals surface area (Å²) in [7, 11) is 0. The summed E-state index contributed by atoms with van der Waals surface area (Å²) >= 11 is 0. The number of carboxylic acid groups (broad SMARTS) is 1. The van der Waals surface area contributed by atoms with Gasteiger partial charge < -0.3 is 9.84 Å². The maximum atomic E-state index is 12.2. The average molecular weight is 362 g/mol. The number of aliphatic carboxylic acids is 1. The first kappa shape index (κ1) is 16.9. The van der Waals surface area contributed by atoms with E-state index in [4.69, 9.17) is 4.74 Å². The number of hydrogen-bond donors (Lipinski definition) is 1. The second-order valence-electron chi connectivity index (χ2n) is 8.71. The SMILES string of the molecule is O=C(O)[C@@]12CCC(Cc3cccc(Oc4ccccc4)c3)[C@H]1[C@@H]1CC[C@H]2C1. The average Bonchev–Trinajstić information content (AvgIpc) is 3.36. The smallest absolute Gasteiger partial charge is 0.310 e. The van der Waals surface area contributed by atoms with Gasteiger partial charge in [0.05, 0.1) is 5.41 Å². The first-order valence-electron chi connectivity index (χ1n) is 10.2.